The molecule has 3 rings (SSSR count). The number of anilines is 1. The highest BCUT2D eigenvalue weighted by Gasteiger charge is 2.48. The normalized spacial score (nSPS) is 21.3. The summed E-state index contributed by atoms with van der Waals surface area (Å²) in [4.78, 5) is 51.2. The molecule has 4 amide bonds. The molecule has 0 radical (unpaired) electrons. The highest BCUT2D eigenvalue weighted by molar-refractivity contribution is 7.14. The van der Waals surface area contributed by atoms with Crippen LogP contribution < -0.4 is 5.73 Å². The summed E-state index contributed by atoms with van der Waals surface area (Å²) in [6.07, 6.45) is 0.436. The topological polar surface area (TPSA) is 121 Å². The lowest BCUT2D eigenvalue weighted by molar-refractivity contribution is -0.151. The third-order valence-electron chi connectivity index (χ3n) is 4.04. The molecule has 3 N–H and O–H groups in total. The van der Waals surface area contributed by atoms with E-state index >= 15 is 0 Å². The number of hydrogen-bond acceptors (Lipinski definition) is 7. The van der Waals surface area contributed by atoms with Gasteiger partial charge in [-0.3, -0.25) is 29.0 Å². The van der Waals surface area contributed by atoms with Gasteiger partial charge in [0.25, 0.3) is 17.7 Å². The van der Waals surface area contributed by atoms with Gasteiger partial charge in [0.15, 0.2) is 0 Å². The molecule has 0 spiro atoms. The number of hydrogen-bond donors (Lipinski definition) is 2. The molecule has 3 heterocycles. The Morgan fingerprint density at radius 3 is 2.65 bits per heavy atom. The van der Waals surface area contributed by atoms with Gasteiger partial charge in [-0.1, -0.05) is 0 Å². The number of aliphatic hydroxyl groups excluding tert-OH is 1. The molecule has 0 aliphatic carbocycles. The fourth-order valence-corrected chi connectivity index (χ4v) is 3.68. The fourth-order valence-electron chi connectivity index (χ4n) is 2.90. The summed E-state index contributed by atoms with van der Waals surface area (Å²) < 4.78 is 0. The first kappa shape index (κ1) is 15.6. The van der Waals surface area contributed by atoms with Crippen LogP contribution in [0, 0.1) is 0 Å². The van der Waals surface area contributed by atoms with Crippen molar-refractivity contribution in [2.75, 3.05) is 18.9 Å². The SMILES string of the molecule is Nc1scc2c1C(=O)N(C1CCC(=O)N(CCCO)C1=O)C2=O. The Kier molecular flexibility index (Phi) is 3.90. The van der Waals surface area contributed by atoms with Crippen molar-refractivity contribution in [2.24, 2.45) is 0 Å². The van der Waals surface area contributed by atoms with Crippen LogP contribution in [0.4, 0.5) is 5.00 Å². The minimum absolute atomic E-state index is 0.0707. The summed E-state index contributed by atoms with van der Waals surface area (Å²) in [5.41, 5.74) is 6.08. The number of amides is 4. The zero-order chi connectivity index (χ0) is 16.7. The van der Waals surface area contributed by atoms with Gasteiger partial charge in [0, 0.05) is 25.0 Å². The van der Waals surface area contributed by atoms with E-state index in [1.54, 1.807) is 0 Å². The van der Waals surface area contributed by atoms with Gasteiger partial charge in [0.2, 0.25) is 5.91 Å². The van der Waals surface area contributed by atoms with Crippen LogP contribution >= 0.6 is 11.3 Å². The molecular formula is C14H15N3O5S. The summed E-state index contributed by atoms with van der Waals surface area (Å²) in [6.45, 7) is -0.0822. The zero-order valence-corrected chi connectivity index (χ0v) is 13.0. The monoisotopic (exact) mass is 337 g/mol. The molecule has 0 saturated carbocycles. The van der Waals surface area contributed by atoms with E-state index in [4.69, 9.17) is 10.8 Å². The lowest BCUT2D eigenvalue weighted by Gasteiger charge is -2.34. The van der Waals surface area contributed by atoms with Crippen molar-refractivity contribution in [1.29, 1.82) is 0 Å². The van der Waals surface area contributed by atoms with Gasteiger partial charge in [0.05, 0.1) is 16.1 Å². The maximum Gasteiger partial charge on any atom is 0.265 e. The van der Waals surface area contributed by atoms with Crippen molar-refractivity contribution in [3.8, 4) is 0 Å². The second-order valence-corrected chi connectivity index (χ2v) is 6.30. The molecule has 9 heteroatoms. The van der Waals surface area contributed by atoms with Crippen LogP contribution in [0.15, 0.2) is 5.38 Å². The van der Waals surface area contributed by atoms with Crippen molar-refractivity contribution in [3.63, 3.8) is 0 Å². The molecule has 1 aromatic heterocycles. The van der Waals surface area contributed by atoms with Crippen molar-refractivity contribution in [3.05, 3.63) is 16.5 Å². The van der Waals surface area contributed by atoms with Crippen molar-refractivity contribution < 1.29 is 24.3 Å². The molecule has 122 valence electrons. The van der Waals surface area contributed by atoms with Crippen LogP contribution in [0.25, 0.3) is 0 Å². The molecule has 1 fully saturated rings. The molecule has 2 aliphatic rings. The Bertz CT molecular complexity index is 713. The number of piperidine rings is 1. The number of aliphatic hydroxyl groups is 1. The number of thiophene rings is 1. The first-order chi connectivity index (χ1) is 11.0. The Hall–Kier alpha value is -2.26. The number of carbonyl (C=O) groups excluding carboxylic acids is 4. The second kappa shape index (κ2) is 5.74. The Morgan fingerprint density at radius 2 is 2.00 bits per heavy atom. The molecule has 1 unspecified atom stereocenters. The van der Waals surface area contributed by atoms with E-state index in [0.717, 1.165) is 21.1 Å². The van der Waals surface area contributed by atoms with Gasteiger partial charge in [-0.2, -0.15) is 0 Å². The molecule has 8 nitrogen and oxygen atoms in total. The number of nitrogens with zero attached hydrogens (tertiary/aromatic N) is 2. The molecule has 1 aromatic rings. The van der Waals surface area contributed by atoms with E-state index in [-0.39, 0.29) is 54.4 Å². The maximum absolute atomic E-state index is 12.5. The van der Waals surface area contributed by atoms with E-state index in [2.05, 4.69) is 0 Å². The zero-order valence-electron chi connectivity index (χ0n) is 12.2. The minimum Gasteiger partial charge on any atom is -0.396 e. The summed E-state index contributed by atoms with van der Waals surface area (Å²) in [7, 11) is 0. The van der Waals surface area contributed by atoms with Crippen LogP contribution in [-0.4, -0.2) is 57.7 Å². The van der Waals surface area contributed by atoms with Crippen LogP contribution in [-0.2, 0) is 9.59 Å². The number of nitrogen functional groups attached to an aromatic ring is 1. The van der Waals surface area contributed by atoms with E-state index < -0.39 is 23.8 Å². The van der Waals surface area contributed by atoms with Crippen LogP contribution in [0.1, 0.15) is 40.0 Å². The fraction of sp³-hybridized carbons (Fsp3) is 0.429. The number of rotatable bonds is 4. The number of likely N-dealkylation sites (tertiary alicyclic amines) is 1. The minimum atomic E-state index is -0.997. The van der Waals surface area contributed by atoms with Gasteiger partial charge in [0.1, 0.15) is 6.04 Å². The number of imide groups is 2. The highest BCUT2D eigenvalue weighted by Crippen LogP contribution is 2.35. The molecule has 2 aliphatic heterocycles. The average molecular weight is 337 g/mol. The Balaban J connectivity index is 1.87. The largest absolute Gasteiger partial charge is 0.396 e. The van der Waals surface area contributed by atoms with E-state index in [0.29, 0.717) is 0 Å². The molecule has 1 saturated heterocycles. The third kappa shape index (κ3) is 2.32. The van der Waals surface area contributed by atoms with Gasteiger partial charge in [-0.25, -0.2) is 0 Å². The highest BCUT2D eigenvalue weighted by atomic mass is 32.1. The molecule has 23 heavy (non-hydrogen) atoms. The first-order valence-electron chi connectivity index (χ1n) is 7.17. The summed E-state index contributed by atoms with van der Waals surface area (Å²) in [6, 6.07) is -0.997. The predicted molar refractivity (Wildman–Crippen MR) is 80.7 cm³/mol. The smallest absolute Gasteiger partial charge is 0.265 e. The number of nitrogens with two attached hydrogens (primary N) is 1. The van der Waals surface area contributed by atoms with E-state index in [1.165, 1.54) is 5.38 Å². The third-order valence-corrected chi connectivity index (χ3v) is 4.85. The Labute approximate surface area is 135 Å². The molecule has 0 bridgehead atoms. The van der Waals surface area contributed by atoms with Crippen molar-refractivity contribution in [1.82, 2.24) is 9.80 Å². The standard InChI is InChI=1S/C14H15N3O5S/c15-11-10-7(6-23-11)12(20)17(14(10)22)8-2-3-9(19)16(13(8)21)4-1-5-18/h6,8,18H,1-5,15H2. The van der Waals surface area contributed by atoms with Gasteiger partial charge in [-0.15, -0.1) is 11.3 Å². The first-order valence-corrected chi connectivity index (χ1v) is 8.05. The molecule has 1 atom stereocenters. The molecular weight excluding hydrogens is 322 g/mol. The average Bonchev–Trinajstić information content (AvgIpc) is 3.01. The summed E-state index contributed by atoms with van der Waals surface area (Å²) in [5.74, 6) is -2.07. The lowest BCUT2D eigenvalue weighted by Crippen LogP contribution is -2.56. The van der Waals surface area contributed by atoms with Crippen LogP contribution in [0.5, 0.6) is 0 Å². The van der Waals surface area contributed by atoms with Crippen LogP contribution in [0.2, 0.25) is 0 Å². The van der Waals surface area contributed by atoms with Crippen molar-refractivity contribution in [2.45, 2.75) is 25.3 Å². The van der Waals surface area contributed by atoms with Gasteiger partial charge in [-0.05, 0) is 12.8 Å². The van der Waals surface area contributed by atoms with E-state index in [1.807, 2.05) is 0 Å². The summed E-state index contributed by atoms with van der Waals surface area (Å²) in [5, 5.41) is 10.6. The Morgan fingerprint density at radius 1 is 1.26 bits per heavy atom. The van der Waals surface area contributed by atoms with E-state index in [9.17, 15) is 19.2 Å². The number of fused-ring (bicyclic) bond motifs is 1. The van der Waals surface area contributed by atoms with Crippen LogP contribution in [0.3, 0.4) is 0 Å². The van der Waals surface area contributed by atoms with Gasteiger partial charge >= 0.3 is 0 Å². The quantitative estimate of drug-likeness (QED) is 0.736. The lowest BCUT2D eigenvalue weighted by atomic mass is 10.0. The second-order valence-electron chi connectivity index (χ2n) is 5.38. The van der Waals surface area contributed by atoms with Crippen molar-refractivity contribution >= 4 is 40.0 Å². The molecule has 0 aromatic carbocycles. The number of carbonyl (C=O) groups is 4. The maximum atomic E-state index is 12.5. The van der Waals surface area contributed by atoms with Gasteiger partial charge < -0.3 is 10.8 Å². The predicted octanol–water partition coefficient (Wildman–Crippen LogP) is -0.174. The summed E-state index contributed by atoms with van der Waals surface area (Å²) >= 11 is 1.11.